The maximum absolute atomic E-state index is 11.7. The number of carbonyl (C=O) groups is 1. The molecule has 0 spiro atoms. The number of rotatable bonds is 5. The first kappa shape index (κ1) is 12.0. The molecule has 3 nitrogen and oxygen atoms in total. The number of nitrogens with one attached hydrogen (secondary N) is 1. The predicted molar refractivity (Wildman–Crippen MR) is 64.1 cm³/mol. The Balaban J connectivity index is 2.44. The Morgan fingerprint density at radius 2 is 2.33 bits per heavy atom. The van der Waals surface area contributed by atoms with Gasteiger partial charge >= 0.3 is 6.03 Å². The standard InChI is InChI=1S/C11H18N2OS/c1-3-7-12-11(14)13(4-2)9-10-6-5-8-15-10/h5-6,8H,3-4,7,9H2,1-2H3,(H,12,14). The summed E-state index contributed by atoms with van der Waals surface area (Å²) in [6, 6.07) is 4.10. The summed E-state index contributed by atoms with van der Waals surface area (Å²) < 4.78 is 0. The number of thiophene rings is 1. The second-order valence-corrected chi connectivity index (χ2v) is 4.36. The van der Waals surface area contributed by atoms with Crippen LogP contribution in [0.25, 0.3) is 0 Å². The number of hydrogen-bond donors (Lipinski definition) is 1. The first-order valence-electron chi connectivity index (χ1n) is 5.33. The van der Waals surface area contributed by atoms with E-state index in [1.165, 1.54) is 4.88 Å². The predicted octanol–water partition coefficient (Wildman–Crippen LogP) is 2.69. The third-order valence-corrected chi connectivity index (χ3v) is 2.98. The maximum Gasteiger partial charge on any atom is 0.317 e. The molecule has 0 aliphatic rings. The van der Waals surface area contributed by atoms with Gasteiger partial charge in [-0.25, -0.2) is 4.79 Å². The minimum absolute atomic E-state index is 0.0350. The highest BCUT2D eigenvalue weighted by molar-refractivity contribution is 7.09. The quantitative estimate of drug-likeness (QED) is 0.822. The smallest absolute Gasteiger partial charge is 0.317 e. The first-order valence-corrected chi connectivity index (χ1v) is 6.21. The highest BCUT2D eigenvalue weighted by atomic mass is 32.1. The van der Waals surface area contributed by atoms with Crippen LogP contribution in [0, 0.1) is 0 Å². The number of nitrogens with zero attached hydrogens (tertiary/aromatic N) is 1. The fourth-order valence-corrected chi connectivity index (χ4v) is 1.98. The molecule has 1 heterocycles. The summed E-state index contributed by atoms with van der Waals surface area (Å²) in [5.41, 5.74) is 0. The lowest BCUT2D eigenvalue weighted by atomic mass is 10.4. The van der Waals surface area contributed by atoms with Gasteiger partial charge in [0, 0.05) is 18.0 Å². The zero-order valence-corrected chi connectivity index (χ0v) is 10.1. The van der Waals surface area contributed by atoms with Gasteiger partial charge in [0.1, 0.15) is 0 Å². The van der Waals surface area contributed by atoms with E-state index in [9.17, 15) is 4.79 Å². The van der Waals surface area contributed by atoms with Gasteiger partial charge in [0.05, 0.1) is 6.54 Å². The molecule has 84 valence electrons. The van der Waals surface area contributed by atoms with E-state index in [0.29, 0.717) is 6.54 Å². The summed E-state index contributed by atoms with van der Waals surface area (Å²) in [7, 11) is 0. The van der Waals surface area contributed by atoms with Crippen molar-refractivity contribution in [3.8, 4) is 0 Å². The second kappa shape index (κ2) is 6.45. The largest absolute Gasteiger partial charge is 0.338 e. The number of amides is 2. The molecular formula is C11H18N2OS. The van der Waals surface area contributed by atoms with Gasteiger partial charge in [-0.05, 0) is 24.8 Å². The molecule has 2 amide bonds. The van der Waals surface area contributed by atoms with Crippen molar-refractivity contribution >= 4 is 17.4 Å². The highest BCUT2D eigenvalue weighted by Gasteiger charge is 2.10. The van der Waals surface area contributed by atoms with Crippen LogP contribution in [0.15, 0.2) is 17.5 Å². The Labute approximate surface area is 95.1 Å². The summed E-state index contributed by atoms with van der Waals surface area (Å²) >= 11 is 1.69. The third-order valence-electron chi connectivity index (χ3n) is 2.12. The zero-order chi connectivity index (χ0) is 11.1. The molecule has 4 heteroatoms. The minimum Gasteiger partial charge on any atom is -0.338 e. The summed E-state index contributed by atoms with van der Waals surface area (Å²) in [5.74, 6) is 0. The van der Waals surface area contributed by atoms with Crippen LogP contribution in [0.1, 0.15) is 25.1 Å². The van der Waals surface area contributed by atoms with Crippen molar-refractivity contribution in [1.82, 2.24) is 10.2 Å². The SMILES string of the molecule is CCCNC(=O)N(CC)Cc1cccs1. The molecule has 0 bridgehead atoms. The van der Waals surface area contributed by atoms with Gasteiger partial charge in [0.2, 0.25) is 0 Å². The minimum atomic E-state index is 0.0350. The molecule has 0 atom stereocenters. The fourth-order valence-electron chi connectivity index (χ4n) is 1.26. The summed E-state index contributed by atoms with van der Waals surface area (Å²) in [5, 5.41) is 4.92. The molecule has 1 aromatic heterocycles. The van der Waals surface area contributed by atoms with Crippen molar-refractivity contribution in [3.63, 3.8) is 0 Å². The molecule has 0 radical (unpaired) electrons. The highest BCUT2D eigenvalue weighted by Crippen LogP contribution is 2.11. The third kappa shape index (κ3) is 3.91. The molecule has 0 saturated carbocycles. The van der Waals surface area contributed by atoms with Crippen LogP contribution in [-0.2, 0) is 6.54 Å². The van der Waals surface area contributed by atoms with Crippen molar-refractivity contribution in [1.29, 1.82) is 0 Å². The van der Waals surface area contributed by atoms with Gasteiger partial charge in [-0.1, -0.05) is 13.0 Å². The Kier molecular flexibility index (Phi) is 5.18. The van der Waals surface area contributed by atoms with E-state index in [4.69, 9.17) is 0 Å². The zero-order valence-electron chi connectivity index (χ0n) is 9.32. The Morgan fingerprint density at radius 1 is 1.53 bits per heavy atom. The Hall–Kier alpha value is -1.03. The van der Waals surface area contributed by atoms with Crippen LogP contribution in [0.5, 0.6) is 0 Å². The van der Waals surface area contributed by atoms with Gasteiger partial charge in [0.25, 0.3) is 0 Å². The molecular weight excluding hydrogens is 208 g/mol. The summed E-state index contributed by atoms with van der Waals surface area (Å²) in [6.07, 6.45) is 0.975. The van der Waals surface area contributed by atoms with Gasteiger partial charge in [-0.15, -0.1) is 11.3 Å². The maximum atomic E-state index is 11.7. The van der Waals surface area contributed by atoms with Crippen LogP contribution in [0.4, 0.5) is 4.79 Å². The van der Waals surface area contributed by atoms with E-state index in [0.717, 1.165) is 19.5 Å². The van der Waals surface area contributed by atoms with E-state index in [2.05, 4.69) is 18.3 Å². The lowest BCUT2D eigenvalue weighted by Gasteiger charge is -2.20. The van der Waals surface area contributed by atoms with Crippen molar-refractivity contribution < 1.29 is 4.79 Å². The Morgan fingerprint density at radius 3 is 2.87 bits per heavy atom. The van der Waals surface area contributed by atoms with Crippen molar-refractivity contribution in [3.05, 3.63) is 22.4 Å². The lowest BCUT2D eigenvalue weighted by molar-refractivity contribution is 0.198. The van der Waals surface area contributed by atoms with Crippen LogP contribution < -0.4 is 5.32 Å². The van der Waals surface area contributed by atoms with E-state index < -0.39 is 0 Å². The lowest BCUT2D eigenvalue weighted by Crippen LogP contribution is -2.39. The number of urea groups is 1. The molecule has 1 rings (SSSR count). The van der Waals surface area contributed by atoms with Gasteiger partial charge in [0.15, 0.2) is 0 Å². The second-order valence-electron chi connectivity index (χ2n) is 3.33. The molecule has 0 aliphatic heterocycles. The van der Waals surface area contributed by atoms with Crippen LogP contribution in [0.3, 0.4) is 0 Å². The van der Waals surface area contributed by atoms with Crippen LogP contribution in [-0.4, -0.2) is 24.0 Å². The molecule has 0 unspecified atom stereocenters. The topological polar surface area (TPSA) is 32.3 Å². The van der Waals surface area contributed by atoms with Gasteiger partial charge in [-0.2, -0.15) is 0 Å². The average molecular weight is 226 g/mol. The average Bonchev–Trinajstić information content (AvgIpc) is 2.75. The van der Waals surface area contributed by atoms with E-state index in [1.54, 1.807) is 11.3 Å². The molecule has 15 heavy (non-hydrogen) atoms. The van der Waals surface area contributed by atoms with E-state index in [1.807, 2.05) is 23.3 Å². The summed E-state index contributed by atoms with van der Waals surface area (Å²) in [6.45, 7) is 6.26. The molecule has 0 aromatic carbocycles. The Bertz CT molecular complexity index is 285. The van der Waals surface area contributed by atoms with E-state index >= 15 is 0 Å². The normalized spacial score (nSPS) is 10.0. The summed E-state index contributed by atoms with van der Waals surface area (Å²) in [4.78, 5) is 14.7. The monoisotopic (exact) mass is 226 g/mol. The van der Waals surface area contributed by atoms with Gasteiger partial charge < -0.3 is 10.2 Å². The molecule has 1 N–H and O–H groups in total. The molecule has 1 aromatic rings. The number of hydrogen-bond acceptors (Lipinski definition) is 2. The number of carbonyl (C=O) groups excluding carboxylic acids is 1. The van der Waals surface area contributed by atoms with Crippen LogP contribution >= 0.6 is 11.3 Å². The molecule has 0 fully saturated rings. The van der Waals surface area contributed by atoms with Gasteiger partial charge in [-0.3, -0.25) is 0 Å². The molecule has 0 saturated heterocycles. The van der Waals surface area contributed by atoms with E-state index in [-0.39, 0.29) is 6.03 Å². The molecule has 0 aliphatic carbocycles. The van der Waals surface area contributed by atoms with Crippen LogP contribution in [0.2, 0.25) is 0 Å². The first-order chi connectivity index (χ1) is 7.27. The van der Waals surface area contributed by atoms with Crippen molar-refractivity contribution in [2.24, 2.45) is 0 Å². The van der Waals surface area contributed by atoms with Crippen molar-refractivity contribution in [2.75, 3.05) is 13.1 Å². The fraction of sp³-hybridized carbons (Fsp3) is 0.545. The van der Waals surface area contributed by atoms with Crippen molar-refractivity contribution in [2.45, 2.75) is 26.8 Å².